The number of benzene rings is 1. The van der Waals surface area contributed by atoms with Gasteiger partial charge in [-0.2, -0.15) is 0 Å². The van der Waals surface area contributed by atoms with E-state index in [9.17, 15) is 0 Å². The molecule has 0 aliphatic rings. The maximum Gasteiger partial charge on any atom is 0.0443 e. The maximum absolute atomic E-state index is 8.65. The lowest BCUT2D eigenvalue weighted by Gasteiger charge is -2.10. The van der Waals surface area contributed by atoms with E-state index in [1.807, 2.05) is 0 Å². The summed E-state index contributed by atoms with van der Waals surface area (Å²) in [7, 11) is 0. The fourth-order valence-corrected chi connectivity index (χ4v) is 1.81. The van der Waals surface area contributed by atoms with Gasteiger partial charge in [0, 0.05) is 6.61 Å². The molecule has 0 aromatic heterocycles. The van der Waals surface area contributed by atoms with Gasteiger partial charge in [-0.25, -0.2) is 0 Å². The zero-order valence-corrected chi connectivity index (χ0v) is 11.1. The van der Waals surface area contributed by atoms with Crippen molar-refractivity contribution in [3.05, 3.63) is 35.4 Å². The van der Waals surface area contributed by atoms with Crippen LogP contribution in [0.5, 0.6) is 0 Å². The van der Waals surface area contributed by atoms with Gasteiger partial charge < -0.3 is 10.4 Å². The van der Waals surface area contributed by atoms with Crippen molar-refractivity contribution in [1.29, 1.82) is 0 Å². The molecule has 1 unspecified atom stereocenters. The Morgan fingerprint density at radius 2 is 1.88 bits per heavy atom. The smallest absolute Gasteiger partial charge is 0.0443 e. The van der Waals surface area contributed by atoms with Gasteiger partial charge in [0.1, 0.15) is 0 Å². The van der Waals surface area contributed by atoms with Crippen LogP contribution in [0.2, 0.25) is 0 Å². The van der Waals surface area contributed by atoms with Crippen LogP contribution in [-0.4, -0.2) is 24.8 Å². The highest BCUT2D eigenvalue weighted by atomic mass is 16.3. The van der Waals surface area contributed by atoms with E-state index in [1.54, 1.807) is 0 Å². The molecule has 0 bridgehead atoms. The number of aliphatic hydroxyl groups excluding tert-OH is 1. The van der Waals surface area contributed by atoms with Crippen LogP contribution < -0.4 is 5.32 Å². The highest BCUT2D eigenvalue weighted by Crippen LogP contribution is 2.18. The van der Waals surface area contributed by atoms with Gasteiger partial charge in [-0.1, -0.05) is 38.1 Å². The normalized spacial score (nSPS) is 12.6. The van der Waals surface area contributed by atoms with Gasteiger partial charge >= 0.3 is 0 Å². The van der Waals surface area contributed by atoms with Gasteiger partial charge in [-0.3, -0.25) is 0 Å². The predicted molar refractivity (Wildman–Crippen MR) is 73.4 cm³/mol. The van der Waals surface area contributed by atoms with Gasteiger partial charge in [0.2, 0.25) is 0 Å². The molecule has 2 heteroatoms. The van der Waals surface area contributed by atoms with Crippen molar-refractivity contribution in [1.82, 2.24) is 5.32 Å². The zero-order valence-electron chi connectivity index (χ0n) is 11.1. The number of aliphatic hydroxyl groups is 1. The second-order valence-electron chi connectivity index (χ2n) is 4.63. The minimum Gasteiger partial charge on any atom is -0.396 e. The van der Waals surface area contributed by atoms with E-state index in [4.69, 9.17) is 5.11 Å². The second kappa shape index (κ2) is 8.26. The molecular weight excluding hydrogens is 210 g/mol. The van der Waals surface area contributed by atoms with Crippen LogP contribution in [0.15, 0.2) is 24.3 Å². The van der Waals surface area contributed by atoms with Crippen molar-refractivity contribution in [2.24, 2.45) is 0 Å². The molecule has 0 heterocycles. The third kappa shape index (κ3) is 5.33. The van der Waals surface area contributed by atoms with E-state index in [2.05, 4.69) is 43.4 Å². The third-order valence-corrected chi connectivity index (χ3v) is 3.26. The minimum atomic E-state index is 0.274. The predicted octanol–water partition coefficient (Wildman–Crippen LogP) is 2.71. The van der Waals surface area contributed by atoms with E-state index in [-0.39, 0.29) is 6.61 Å². The van der Waals surface area contributed by atoms with Crippen LogP contribution in [0, 0.1) is 0 Å². The molecule has 2 nitrogen and oxygen atoms in total. The summed E-state index contributed by atoms with van der Waals surface area (Å²) in [5.41, 5.74) is 2.82. The molecule has 0 radical (unpaired) electrons. The van der Waals surface area contributed by atoms with Gasteiger partial charge in [0.05, 0.1) is 0 Å². The Hall–Kier alpha value is -0.860. The molecule has 1 atom stereocenters. The SMILES string of the molecule is CCC(C)c1ccc(CCNCCCO)cc1. The average Bonchev–Trinajstić information content (AvgIpc) is 2.38. The molecule has 1 aromatic carbocycles. The first-order chi connectivity index (χ1) is 8.27. The van der Waals surface area contributed by atoms with Gasteiger partial charge in [-0.05, 0) is 49.4 Å². The summed E-state index contributed by atoms with van der Waals surface area (Å²) in [5, 5.41) is 12.0. The van der Waals surface area contributed by atoms with E-state index >= 15 is 0 Å². The van der Waals surface area contributed by atoms with Crippen molar-refractivity contribution in [2.45, 2.75) is 39.0 Å². The maximum atomic E-state index is 8.65. The quantitative estimate of drug-likeness (QED) is 0.679. The van der Waals surface area contributed by atoms with Crippen LogP contribution in [0.25, 0.3) is 0 Å². The fourth-order valence-electron chi connectivity index (χ4n) is 1.81. The summed E-state index contributed by atoms with van der Waals surface area (Å²) in [6, 6.07) is 8.96. The molecule has 96 valence electrons. The Labute approximate surface area is 105 Å². The largest absolute Gasteiger partial charge is 0.396 e. The van der Waals surface area contributed by atoms with Crippen molar-refractivity contribution in [3.8, 4) is 0 Å². The first-order valence-corrected chi connectivity index (χ1v) is 6.68. The summed E-state index contributed by atoms with van der Waals surface area (Å²) < 4.78 is 0. The molecular formula is C15H25NO. The Morgan fingerprint density at radius 1 is 1.18 bits per heavy atom. The Bertz CT molecular complexity index is 294. The molecule has 0 amide bonds. The first kappa shape index (κ1) is 14.2. The monoisotopic (exact) mass is 235 g/mol. The lowest BCUT2D eigenvalue weighted by molar-refractivity contribution is 0.286. The van der Waals surface area contributed by atoms with E-state index < -0.39 is 0 Å². The van der Waals surface area contributed by atoms with Crippen LogP contribution >= 0.6 is 0 Å². The van der Waals surface area contributed by atoms with Gasteiger partial charge in [-0.15, -0.1) is 0 Å². The van der Waals surface area contributed by atoms with Crippen LogP contribution in [-0.2, 0) is 6.42 Å². The standard InChI is InChI=1S/C15H25NO/c1-3-13(2)15-7-5-14(6-8-15)9-11-16-10-4-12-17/h5-8,13,16-17H,3-4,9-12H2,1-2H3. The number of rotatable bonds is 8. The molecule has 0 aliphatic carbocycles. The van der Waals surface area contributed by atoms with Crippen molar-refractivity contribution in [2.75, 3.05) is 19.7 Å². The topological polar surface area (TPSA) is 32.3 Å². The Balaban J connectivity index is 2.30. The number of hydrogen-bond donors (Lipinski definition) is 2. The Morgan fingerprint density at radius 3 is 2.47 bits per heavy atom. The summed E-state index contributed by atoms with van der Waals surface area (Å²) >= 11 is 0. The Kier molecular flexibility index (Phi) is 6.90. The number of nitrogens with one attached hydrogen (secondary N) is 1. The summed E-state index contributed by atoms with van der Waals surface area (Å²) in [5.74, 6) is 0.659. The highest BCUT2D eigenvalue weighted by molar-refractivity contribution is 5.25. The van der Waals surface area contributed by atoms with Crippen LogP contribution in [0.1, 0.15) is 43.7 Å². The second-order valence-corrected chi connectivity index (χ2v) is 4.63. The lowest BCUT2D eigenvalue weighted by atomic mass is 9.97. The molecule has 17 heavy (non-hydrogen) atoms. The van der Waals surface area contributed by atoms with Gasteiger partial charge in [0.15, 0.2) is 0 Å². The highest BCUT2D eigenvalue weighted by Gasteiger charge is 2.02. The molecule has 0 aliphatic heterocycles. The van der Waals surface area contributed by atoms with Crippen molar-refractivity contribution in [3.63, 3.8) is 0 Å². The average molecular weight is 235 g/mol. The minimum absolute atomic E-state index is 0.274. The molecule has 0 saturated heterocycles. The lowest BCUT2D eigenvalue weighted by Crippen LogP contribution is -2.19. The summed E-state index contributed by atoms with van der Waals surface area (Å²) in [6.07, 6.45) is 3.10. The van der Waals surface area contributed by atoms with E-state index in [0.29, 0.717) is 5.92 Å². The number of hydrogen-bond acceptors (Lipinski definition) is 2. The molecule has 0 saturated carbocycles. The van der Waals surface area contributed by atoms with Gasteiger partial charge in [0.25, 0.3) is 0 Å². The van der Waals surface area contributed by atoms with Crippen molar-refractivity contribution < 1.29 is 5.11 Å². The molecule has 0 spiro atoms. The molecule has 0 fully saturated rings. The van der Waals surface area contributed by atoms with E-state index in [0.717, 1.165) is 25.9 Å². The molecule has 2 N–H and O–H groups in total. The van der Waals surface area contributed by atoms with Crippen LogP contribution in [0.4, 0.5) is 0 Å². The zero-order chi connectivity index (χ0) is 12.5. The summed E-state index contributed by atoms with van der Waals surface area (Å²) in [6.45, 7) is 6.66. The summed E-state index contributed by atoms with van der Waals surface area (Å²) in [4.78, 5) is 0. The fraction of sp³-hybridized carbons (Fsp3) is 0.600. The first-order valence-electron chi connectivity index (χ1n) is 6.68. The van der Waals surface area contributed by atoms with Crippen LogP contribution in [0.3, 0.4) is 0 Å². The third-order valence-electron chi connectivity index (χ3n) is 3.26. The van der Waals surface area contributed by atoms with E-state index in [1.165, 1.54) is 17.5 Å². The molecule has 1 aromatic rings. The van der Waals surface area contributed by atoms with Crippen molar-refractivity contribution >= 4 is 0 Å². The molecule has 1 rings (SSSR count).